The zero-order chi connectivity index (χ0) is 10.9. The maximum Gasteiger partial charge on any atom is 0.0253 e. The Hall–Kier alpha value is -0.860. The molecule has 2 radical (unpaired) electrons. The molecule has 1 unspecified atom stereocenters. The first-order valence-corrected chi connectivity index (χ1v) is 5.72. The molecule has 0 heterocycles. The summed E-state index contributed by atoms with van der Waals surface area (Å²) in [7, 11) is 0. The fraction of sp³-hybridized carbons (Fsp3) is 0.538. The summed E-state index contributed by atoms with van der Waals surface area (Å²) in [5.41, 5.74) is 16.2. The van der Waals surface area contributed by atoms with Crippen LogP contribution in [0.15, 0.2) is 30.3 Å². The standard InChI is InChI=1S/C13H20N2/c14-10-6-2-5-9-13(15)11-12-7-3-1-4-8-12/h1,3-4,7-8,13-15H,2,5-6,9-11H2. The van der Waals surface area contributed by atoms with E-state index in [1.54, 1.807) is 0 Å². The van der Waals surface area contributed by atoms with E-state index in [1.807, 2.05) is 18.2 Å². The van der Waals surface area contributed by atoms with E-state index in [9.17, 15) is 0 Å². The average Bonchev–Trinajstić information content (AvgIpc) is 2.26. The van der Waals surface area contributed by atoms with Crippen LogP contribution in [0, 0.1) is 0 Å². The Morgan fingerprint density at radius 3 is 2.40 bits per heavy atom. The van der Waals surface area contributed by atoms with Crippen LogP contribution >= 0.6 is 0 Å². The maximum absolute atomic E-state index is 7.90. The highest BCUT2D eigenvalue weighted by molar-refractivity contribution is 5.15. The van der Waals surface area contributed by atoms with Crippen molar-refractivity contribution in [3.63, 3.8) is 0 Å². The largest absolute Gasteiger partial charge is 0.258 e. The van der Waals surface area contributed by atoms with Gasteiger partial charge in [-0.2, -0.15) is 0 Å². The SMILES string of the molecule is [NH]CCCCCC([NH])Cc1ccccc1. The molecule has 1 atom stereocenters. The Balaban J connectivity index is 2.16. The van der Waals surface area contributed by atoms with E-state index in [0.29, 0.717) is 6.54 Å². The molecule has 0 amide bonds. The molecule has 1 aromatic carbocycles. The van der Waals surface area contributed by atoms with Crippen LogP contribution in [-0.4, -0.2) is 12.6 Å². The smallest absolute Gasteiger partial charge is 0.0253 e. The lowest BCUT2D eigenvalue weighted by Gasteiger charge is -2.09. The van der Waals surface area contributed by atoms with Crippen LogP contribution in [0.4, 0.5) is 0 Å². The molecule has 0 saturated heterocycles. The van der Waals surface area contributed by atoms with Crippen LogP contribution in [0.1, 0.15) is 31.2 Å². The van der Waals surface area contributed by atoms with E-state index < -0.39 is 0 Å². The highest BCUT2D eigenvalue weighted by atomic mass is 14.6. The van der Waals surface area contributed by atoms with Crippen molar-refractivity contribution in [3.8, 4) is 0 Å². The van der Waals surface area contributed by atoms with Gasteiger partial charge in [0.1, 0.15) is 0 Å². The first-order valence-electron chi connectivity index (χ1n) is 5.72. The van der Waals surface area contributed by atoms with E-state index in [2.05, 4.69) is 12.1 Å². The molecule has 0 saturated carbocycles. The lowest BCUT2D eigenvalue weighted by Crippen LogP contribution is -2.12. The third-order valence-corrected chi connectivity index (χ3v) is 2.55. The van der Waals surface area contributed by atoms with Gasteiger partial charge in [0.05, 0.1) is 0 Å². The van der Waals surface area contributed by atoms with Gasteiger partial charge >= 0.3 is 0 Å². The van der Waals surface area contributed by atoms with Crippen molar-refractivity contribution in [2.75, 3.05) is 6.54 Å². The Labute approximate surface area is 92.7 Å². The van der Waals surface area contributed by atoms with Crippen molar-refractivity contribution in [2.45, 2.75) is 38.1 Å². The van der Waals surface area contributed by atoms with Crippen LogP contribution < -0.4 is 11.5 Å². The van der Waals surface area contributed by atoms with Crippen LogP contribution in [0.25, 0.3) is 0 Å². The molecule has 0 aliphatic rings. The molecule has 0 aromatic heterocycles. The second-order valence-electron chi connectivity index (χ2n) is 3.99. The first kappa shape index (κ1) is 12.2. The molecule has 2 N–H and O–H groups in total. The number of hydrogen-bond donors (Lipinski definition) is 0. The van der Waals surface area contributed by atoms with E-state index in [-0.39, 0.29) is 6.04 Å². The van der Waals surface area contributed by atoms with Gasteiger partial charge in [0.15, 0.2) is 0 Å². The van der Waals surface area contributed by atoms with Crippen molar-refractivity contribution >= 4 is 0 Å². The van der Waals surface area contributed by atoms with Gasteiger partial charge in [0.2, 0.25) is 0 Å². The van der Waals surface area contributed by atoms with E-state index in [4.69, 9.17) is 11.5 Å². The highest BCUT2D eigenvalue weighted by Gasteiger charge is 2.03. The average molecular weight is 204 g/mol. The highest BCUT2D eigenvalue weighted by Crippen LogP contribution is 2.08. The molecule has 1 aromatic rings. The number of hydrogen-bond acceptors (Lipinski definition) is 0. The zero-order valence-corrected chi connectivity index (χ0v) is 9.21. The number of rotatable bonds is 7. The molecule has 2 nitrogen and oxygen atoms in total. The van der Waals surface area contributed by atoms with Crippen molar-refractivity contribution in [1.82, 2.24) is 11.5 Å². The molecular formula is C13H20N2. The second kappa shape index (κ2) is 7.43. The summed E-state index contributed by atoms with van der Waals surface area (Å²) in [6.45, 7) is 0.529. The molecule has 1 rings (SSSR count). The maximum atomic E-state index is 7.90. The van der Waals surface area contributed by atoms with E-state index in [1.165, 1.54) is 5.56 Å². The number of nitrogens with one attached hydrogen (secondary N) is 2. The molecule has 0 bridgehead atoms. The van der Waals surface area contributed by atoms with Gasteiger partial charge in [0, 0.05) is 12.6 Å². The van der Waals surface area contributed by atoms with Crippen LogP contribution in [-0.2, 0) is 6.42 Å². The summed E-state index contributed by atoms with van der Waals surface area (Å²) >= 11 is 0. The van der Waals surface area contributed by atoms with Crippen LogP contribution in [0.5, 0.6) is 0 Å². The Kier molecular flexibility index (Phi) is 6.05. The van der Waals surface area contributed by atoms with Gasteiger partial charge in [-0.15, -0.1) is 0 Å². The Bertz CT molecular complexity index is 246. The van der Waals surface area contributed by atoms with Gasteiger partial charge < -0.3 is 0 Å². The van der Waals surface area contributed by atoms with Crippen LogP contribution in [0.2, 0.25) is 0 Å². The molecule has 82 valence electrons. The molecular weight excluding hydrogens is 184 g/mol. The van der Waals surface area contributed by atoms with Crippen molar-refractivity contribution in [3.05, 3.63) is 35.9 Å². The summed E-state index contributed by atoms with van der Waals surface area (Å²) in [6, 6.07) is 10.3. The predicted molar refractivity (Wildman–Crippen MR) is 63.5 cm³/mol. The van der Waals surface area contributed by atoms with Crippen molar-refractivity contribution < 1.29 is 0 Å². The third-order valence-electron chi connectivity index (χ3n) is 2.55. The van der Waals surface area contributed by atoms with Crippen molar-refractivity contribution in [1.29, 1.82) is 0 Å². The molecule has 0 aliphatic carbocycles. The normalized spacial score (nSPS) is 12.7. The molecule has 15 heavy (non-hydrogen) atoms. The zero-order valence-electron chi connectivity index (χ0n) is 9.21. The van der Waals surface area contributed by atoms with Gasteiger partial charge in [-0.25, -0.2) is 0 Å². The minimum absolute atomic E-state index is 0.0260. The van der Waals surface area contributed by atoms with E-state index in [0.717, 1.165) is 32.1 Å². The van der Waals surface area contributed by atoms with Crippen molar-refractivity contribution in [2.24, 2.45) is 0 Å². The predicted octanol–water partition coefficient (Wildman–Crippen LogP) is 2.72. The summed E-state index contributed by atoms with van der Waals surface area (Å²) in [6.07, 6.45) is 5.02. The summed E-state index contributed by atoms with van der Waals surface area (Å²) < 4.78 is 0. The van der Waals surface area contributed by atoms with Crippen LogP contribution in [0.3, 0.4) is 0 Å². The molecule has 2 heteroatoms. The van der Waals surface area contributed by atoms with Gasteiger partial charge in [-0.1, -0.05) is 43.2 Å². The lowest BCUT2D eigenvalue weighted by atomic mass is 10.0. The van der Waals surface area contributed by atoms with Gasteiger partial charge in [-0.3, -0.25) is 11.5 Å². The fourth-order valence-electron chi connectivity index (χ4n) is 1.69. The Morgan fingerprint density at radius 1 is 1.00 bits per heavy atom. The summed E-state index contributed by atoms with van der Waals surface area (Å²) in [5, 5.41) is 0. The molecule has 0 aliphatic heterocycles. The molecule has 0 spiro atoms. The van der Waals surface area contributed by atoms with Gasteiger partial charge in [-0.05, 0) is 24.8 Å². The number of unbranched alkanes of at least 4 members (excludes halogenated alkanes) is 2. The fourth-order valence-corrected chi connectivity index (χ4v) is 1.69. The summed E-state index contributed by atoms with van der Waals surface area (Å²) in [5.74, 6) is 0. The Morgan fingerprint density at radius 2 is 1.73 bits per heavy atom. The first-order chi connectivity index (χ1) is 7.33. The quantitative estimate of drug-likeness (QED) is 0.613. The summed E-state index contributed by atoms with van der Waals surface area (Å²) in [4.78, 5) is 0. The molecule has 0 fully saturated rings. The minimum atomic E-state index is 0.0260. The minimum Gasteiger partial charge on any atom is -0.258 e. The van der Waals surface area contributed by atoms with E-state index >= 15 is 0 Å². The second-order valence-corrected chi connectivity index (χ2v) is 3.99. The van der Waals surface area contributed by atoms with Gasteiger partial charge in [0.25, 0.3) is 0 Å². The number of benzene rings is 1. The monoisotopic (exact) mass is 204 g/mol. The lowest BCUT2D eigenvalue weighted by molar-refractivity contribution is 0.539. The third kappa shape index (κ3) is 5.55. The topological polar surface area (TPSA) is 47.6 Å².